The zero-order chi connectivity index (χ0) is 86.2. The molecule has 0 unspecified atom stereocenters. The van der Waals surface area contributed by atoms with Gasteiger partial charge in [0.15, 0.2) is 0 Å². The third-order valence-corrected chi connectivity index (χ3v) is 16.4. The molecule has 0 saturated carbocycles. The van der Waals surface area contributed by atoms with Gasteiger partial charge >= 0.3 is 15.6 Å². The van der Waals surface area contributed by atoms with Crippen molar-refractivity contribution in [1.29, 1.82) is 0 Å². The number of imidazole rings is 2. The number of benzene rings is 11. The zero-order valence-corrected chi connectivity index (χ0v) is 67.7. The van der Waals surface area contributed by atoms with Crippen LogP contribution in [0.3, 0.4) is 0 Å². The number of halogens is 3. The first-order valence-electron chi connectivity index (χ1n) is 38.7. The monoisotopic (exact) mass is 1890 g/mol. The third-order valence-electron chi connectivity index (χ3n) is 15.8. The normalized spacial score (nSPS) is 11.8. The first kappa shape index (κ1) is 78.4. The fourth-order valence-corrected chi connectivity index (χ4v) is 11.0. The zero-order valence-electron chi connectivity index (χ0n) is 70.1. The Bertz CT molecular complexity index is 5530. The summed E-state index contributed by atoms with van der Waals surface area (Å²) in [6.07, 6.45) is 5.36. The molecule has 5 aromatic heterocycles. The molecule has 0 saturated heterocycles. The van der Waals surface area contributed by atoms with Crippen LogP contribution in [-0.4, -0.2) is 88.7 Å². The van der Waals surface area contributed by atoms with Crippen LogP contribution in [0.5, 0.6) is 0 Å². The van der Waals surface area contributed by atoms with Crippen molar-refractivity contribution >= 4 is 32.2 Å². The molecule has 19 heteroatoms. The minimum absolute atomic E-state index is 0. The van der Waals surface area contributed by atoms with Crippen LogP contribution >= 0.6 is 0 Å². The number of pyridine rings is 3. The Kier molecular flexibility index (Phi) is 32.7. The summed E-state index contributed by atoms with van der Waals surface area (Å²) in [7, 11) is -3.84. The average Bonchev–Trinajstić information content (AvgIpc) is 1.72. The van der Waals surface area contributed by atoms with Gasteiger partial charge in [-0.05, 0) is 124 Å². The predicted octanol–water partition coefficient (Wildman–Crippen LogP) is 22.0. The van der Waals surface area contributed by atoms with Crippen LogP contribution < -0.4 is 0 Å². The van der Waals surface area contributed by atoms with Gasteiger partial charge in [-0.1, -0.05) is 203 Å². The van der Waals surface area contributed by atoms with Crippen molar-refractivity contribution in [3.8, 4) is 90.2 Å². The van der Waals surface area contributed by atoms with Crippen LogP contribution in [0.1, 0.15) is 68.4 Å². The van der Waals surface area contributed by atoms with Crippen LogP contribution in [0, 0.1) is 24.3 Å². The van der Waals surface area contributed by atoms with E-state index < -0.39 is 41.1 Å². The Morgan fingerprint density at radius 1 is 0.407 bits per heavy atom. The van der Waals surface area contributed by atoms with Crippen molar-refractivity contribution in [2.45, 2.75) is 51.8 Å². The van der Waals surface area contributed by atoms with Crippen LogP contribution in [0.25, 0.3) is 112 Å². The van der Waals surface area contributed by atoms with Crippen LogP contribution in [0.4, 0.5) is 13.2 Å². The SMILES string of the molecule is CCO.CO.CO.O=S(=O)(O)C(F)(F)F.[2H]C(C)(C)c1ccccc1-n1c(-c2[c-]cccc2)nc2cc(-c3ccccc3)ccc21.[2H]C([2H])([2H])C([2H])(c1ccccc1-n1c(-c2ccccc2)nc2cc(-c3ccccc3)ccc21)C([2H])([2H])[2H].[Ir].[Ir].[c-]1ccccc1-c1ccccn1.[c-]1ccccc1-c1ccccn1.[c-]1ccccc1-c1ccccn1. The second-order valence-electron chi connectivity index (χ2n) is 23.4. The van der Waals surface area contributed by atoms with E-state index in [1.807, 2.05) is 269 Å². The molecule has 0 aliphatic heterocycles. The number of alkyl halides is 3. The Morgan fingerprint density at radius 3 is 1.03 bits per heavy atom. The van der Waals surface area contributed by atoms with E-state index in [0.29, 0.717) is 22.5 Å². The maximum absolute atomic E-state index is 10.7. The van der Waals surface area contributed by atoms with E-state index >= 15 is 0 Å². The molecule has 113 heavy (non-hydrogen) atoms. The van der Waals surface area contributed by atoms with Gasteiger partial charge < -0.3 is 34.8 Å². The van der Waals surface area contributed by atoms with Gasteiger partial charge in [0, 0.05) is 102 Å². The largest absolute Gasteiger partial charge is 0.522 e. The fraction of sp³-hybridized carbons (Fsp3) is 0.117. The number of hydrogen-bond donors (Lipinski definition) is 4. The number of para-hydroxylation sites is 2. The van der Waals surface area contributed by atoms with Crippen molar-refractivity contribution in [2.75, 3.05) is 20.8 Å². The van der Waals surface area contributed by atoms with E-state index in [1.54, 1.807) is 48.3 Å². The molecule has 4 N–H and O–H groups in total. The van der Waals surface area contributed by atoms with Crippen molar-refractivity contribution in [3.05, 3.63) is 382 Å². The number of hydrogen-bond acceptors (Lipinski definition) is 10. The molecule has 0 atom stereocenters. The molecular weight excluding hydrogens is 1800 g/mol. The first-order valence-corrected chi connectivity index (χ1v) is 36.1. The quantitative estimate of drug-likeness (QED) is 0.0548. The first-order chi connectivity index (χ1) is 57.1. The number of rotatable bonds is 11. The molecule has 16 rings (SSSR count). The molecule has 0 aliphatic carbocycles. The molecule has 13 nitrogen and oxygen atoms in total. The van der Waals surface area contributed by atoms with Gasteiger partial charge in [-0.2, -0.15) is 21.6 Å². The van der Waals surface area contributed by atoms with Crippen molar-refractivity contribution in [3.63, 3.8) is 0 Å². The summed E-state index contributed by atoms with van der Waals surface area (Å²) in [6.45, 7) is -0.449. The molecule has 5 heterocycles. The molecule has 0 amide bonds. The molecule has 2 radical (unpaired) electrons. The number of aliphatic hydroxyl groups is 3. The third kappa shape index (κ3) is 26.1. The van der Waals surface area contributed by atoms with Gasteiger partial charge in [0.05, 0.1) is 33.6 Å². The van der Waals surface area contributed by atoms with Crippen LogP contribution in [0.15, 0.2) is 346 Å². The molecule has 0 bridgehead atoms. The molecular formula is C94H86F3Ir2N7O6S-4. The van der Waals surface area contributed by atoms with Gasteiger partial charge in [-0.25, -0.2) is 4.98 Å². The molecule has 11 aromatic carbocycles. The second kappa shape index (κ2) is 47.1. The number of fused-ring (bicyclic) bond motifs is 2. The van der Waals surface area contributed by atoms with E-state index in [0.717, 1.165) is 104 Å². The predicted molar refractivity (Wildman–Crippen MR) is 443 cm³/mol. The van der Waals surface area contributed by atoms with E-state index in [4.69, 9.17) is 49.2 Å². The van der Waals surface area contributed by atoms with Gasteiger partial charge in [0.25, 0.3) is 0 Å². The molecule has 0 aliphatic rings. The van der Waals surface area contributed by atoms with Crippen molar-refractivity contribution < 1.29 is 92.6 Å². The standard InChI is InChI=1S/C28H24N2.C28H23N2.3C11H8N.C2H6O.CHF3O3S.2CH4O.2Ir/c2*1-20(2)24-15-9-10-16-26(24)30-27-18-17-23(21-11-5-3-6-12-21)19-25(27)29-28(30)22-13-7-4-8-14-22;3*1-2-6-10(7-3-1)11-8-4-5-9-12-11;1-2-3;2-1(3,4)8(5,6)7;2*1-2;;/h3-20H,1-2H3;3-13,15-20H,1-2H3;3*1-6,8-9H;3H,2H2,1H3;(H,5,6,7);2*2H,1H3;;/q;4*-1;;;;;;/i1D3,2D3,20D;20D;;;;;;;;;. The summed E-state index contributed by atoms with van der Waals surface area (Å²) in [6, 6.07) is 118. The van der Waals surface area contributed by atoms with Crippen LogP contribution in [-0.2, 0) is 50.3 Å². The topological polar surface area (TPSA) is 189 Å². The second-order valence-corrected chi connectivity index (χ2v) is 24.9. The minimum Gasteiger partial charge on any atom is -0.400 e. The molecule has 0 fully saturated rings. The fourth-order valence-electron chi connectivity index (χ4n) is 11.0. The summed E-state index contributed by atoms with van der Waals surface area (Å²) >= 11 is 0. The van der Waals surface area contributed by atoms with Crippen molar-refractivity contribution in [2.24, 2.45) is 0 Å². The molecule has 582 valence electrons. The molecule has 16 aromatic rings. The van der Waals surface area contributed by atoms with Crippen molar-refractivity contribution in [1.82, 2.24) is 34.1 Å². The summed E-state index contributed by atoms with van der Waals surface area (Å²) in [4.78, 5) is 22.6. The summed E-state index contributed by atoms with van der Waals surface area (Å²) < 4.78 is 127. The number of nitrogens with zero attached hydrogens (tertiary/aromatic N) is 7. The Morgan fingerprint density at radius 2 is 0.708 bits per heavy atom. The van der Waals surface area contributed by atoms with Crippen LogP contribution in [0.2, 0.25) is 0 Å². The summed E-state index contributed by atoms with van der Waals surface area (Å²) in [5.41, 5.74) is 11.9. The maximum atomic E-state index is 10.7. The Balaban J connectivity index is 0.000000239. The van der Waals surface area contributed by atoms with Gasteiger partial charge in [0.1, 0.15) is 5.82 Å². The van der Waals surface area contributed by atoms with Gasteiger partial charge in [0.2, 0.25) is 0 Å². The van der Waals surface area contributed by atoms with Gasteiger partial charge in [-0.15, -0.1) is 144 Å². The maximum Gasteiger partial charge on any atom is 0.522 e. The number of aliphatic hydroxyl groups excluding tert-OH is 3. The number of aromatic nitrogens is 7. The Hall–Kier alpha value is -11.3. The summed E-state index contributed by atoms with van der Waals surface area (Å²) in [5.74, 6) is -2.25. The minimum atomic E-state index is -5.84. The Labute approximate surface area is 698 Å². The smallest absolute Gasteiger partial charge is 0.400 e. The average molecular weight is 1890 g/mol. The van der Waals surface area contributed by atoms with E-state index in [-0.39, 0.29) is 52.4 Å². The van der Waals surface area contributed by atoms with E-state index in [2.05, 4.69) is 92.3 Å². The van der Waals surface area contributed by atoms with Gasteiger partial charge in [-0.3, -0.25) is 14.1 Å². The molecule has 0 spiro atoms. The summed E-state index contributed by atoms with van der Waals surface area (Å²) in [5, 5.41) is 21.6. The van der Waals surface area contributed by atoms with E-state index in [1.165, 1.54) is 11.6 Å². The van der Waals surface area contributed by atoms with E-state index in [9.17, 15) is 13.2 Å².